The molecule has 1 saturated heterocycles. The van der Waals surface area contributed by atoms with Crippen molar-refractivity contribution in [2.75, 3.05) is 33.4 Å². The molecule has 1 aliphatic rings. The molecule has 1 fully saturated rings. The van der Waals surface area contributed by atoms with Crippen molar-refractivity contribution in [3.05, 3.63) is 0 Å². The third kappa shape index (κ3) is 2.84. The Morgan fingerprint density at radius 3 is 2.42 bits per heavy atom. The summed E-state index contributed by atoms with van der Waals surface area (Å²) in [6.07, 6.45) is 0.181. The van der Waals surface area contributed by atoms with E-state index in [0.717, 1.165) is 11.0 Å². The molecule has 4 heteroatoms. The van der Waals surface area contributed by atoms with Crippen molar-refractivity contribution < 1.29 is 13.4 Å². The topological polar surface area (TPSA) is 26.3 Å². The van der Waals surface area contributed by atoms with E-state index in [1.807, 2.05) is 6.92 Å². The number of likely N-dealkylation sites (N-methyl/N-ethyl adjacent to an activating group) is 1. The van der Waals surface area contributed by atoms with E-state index in [1.165, 1.54) is 0 Å². The fourth-order valence-corrected chi connectivity index (χ4v) is 2.50. The van der Waals surface area contributed by atoms with Gasteiger partial charge in [-0.15, -0.1) is 0 Å². The van der Waals surface area contributed by atoms with E-state index in [9.17, 15) is 4.21 Å². The van der Waals surface area contributed by atoms with Crippen LogP contribution in [0.3, 0.4) is 0 Å². The molecule has 0 amide bonds. The SMILES string of the molecule is C[C@@H]1O[C@H](C[N+](C)(C)C)C[S@@]1=O. The molecule has 1 aliphatic heterocycles. The van der Waals surface area contributed by atoms with Crippen LogP contribution in [0.25, 0.3) is 0 Å². The Labute approximate surface area is 76.7 Å². The highest BCUT2D eigenvalue weighted by molar-refractivity contribution is 7.85. The van der Waals surface area contributed by atoms with Crippen LogP contribution in [0.15, 0.2) is 0 Å². The summed E-state index contributed by atoms with van der Waals surface area (Å²) in [7, 11) is 5.60. The van der Waals surface area contributed by atoms with Gasteiger partial charge in [0.25, 0.3) is 0 Å². The van der Waals surface area contributed by atoms with Crippen LogP contribution in [0.4, 0.5) is 0 Å². The van der Waals surface area contributed by atoms with Gasteiger partial charge in [0.1, 0.15) is 18.1 Å². The molecule has 1 heterocycles. The maximum Gasteiger partial charge on any atom is 0.130 e. The zero-order valence-corrected chi connectivity index (χ0v) is 9.06. The average Bonchev–Trinajstić information content (AvgIpc) is 2.07. The highest BCUT2D eigenvalue weighted by Crippen LogP contribution is 2.16. The fourth-order valence-electron chi connectivity index (χ4n) is 1.40. The normalized spacial score (nSPS) is 37.2. The monoisotopic (exact) mass is 192 g/mol. The Kier molecular flexibility index (Phi) is 2.91. The summed E-state index contributed by atoms with van der Waals surface area (Å²) < 4.78 is 17.7. The first-order chi connectivity index (χ1) is 5.38. The van der Waals surface area contributed by atoms with E-state index in [0.29, 0.717) is 5.75 Å². The van der Waals surface area contributed by atoms with Gasteiger partial charge in [0.05, 0.1) is 37.7 Å². The summed E-state index contributed by atoms with van der Waals surface area (Å²) in [5.74, 6) is 0.705. The molecular formula is C8H18NO2S+. The van der Waals surface area contributed by atoms with Gasteiger partial charge < -0.3 is 9.22 Å². The van der Waals surface area contributed by atoms with Crippen LogP contribution >= 0.6 is 0 Å². The van der Waals surface area contributed by atoms with Crippen molar-refractivity contribution in [2.24, 2.45) is 0 Å². The predicted octanol–water partition coefficient (Wildman–Crippen LogP) is 0.186. The van der Waals surface area contributed by atoms with Crippen LogP contribution in [-0.4, -0.2) is 53.7 Å². The van der Waals surface area contributed by atoms with E-state index >= 15 is 0 Å². The smallest absolute Gasteiger partial charge is 0.130 e. The minimum Gasteiger partial charge on any atom is -0.355 e. The fraction of sp³-hybridized carbons (Fsp3) is 1.00. The first-order valence-electron chi connectivity index (χ1n) is 4.21. The molecule has 12 heavy (non-hydrogen) atoms. The van der Waals surface area contributed by atoms with Crippen molar-refractivity contribution in [1.82, 2.24) is 0 Å². The highest BCUT2D eigenvalue weighted by atomic mass is 32.2. The Morgan fingerprint density at radius 2 is 2.08 bits per heavy atom. The lowest BCUT2D eigenvalue weighted by molar-refractivity contribution is -0.873. The standard InChI is InChI=1S/C8H18NO2S/c1-7-11-8(6-12(7)10)5-9(2,3)4/h7-8H,5-6H2,1-4H3/q+1/t7-,8-,12+/m1/s1. The van der Waals surface area contributed by atoms with Crippen LogP contribution in [-0.2, 0) is 15.5 Å². The quantitative estimate of drug-likeness (QED) is 0.584. The molecule has 0 aromatic heterocycles. The van der Waals surface area contributed by atoms with Gasteiger partial charge in [-0.05, 0) is 6.92 Å². The number of hydrogen-bond acceptors (Lipinski definition) is 2. The maximum absolute atomic E-state index is 11.2. The Bertz CT molecular complexity index is 188. The summed E-state index contributed by atoms with van der Waals surface area (Å²) in [5, 5.41) is 0. The molecule has 3 atom stereocenters. The minimum atomic E-state index is -0.765. The third-order valence-corrected chi connectivity index (χ3v) is 3.41. The second kappa shape index (κ2) is 3.44. The second-order valence-electron chi connectivity index (χ2n) is 4.35. The van der Waals surface area contributed by atoms with E-state index in [4.69, 9.17) is 4.74 Å². The molecule has 3 nitrogen and oxygen atoms in total. The van der Waals surface area contributed by atoms with Gasteiger partial charge in [0.15, 0.2) is 0 Å². The summed E-state index contributed by atoms with van der Waals surface area (Å²) in [6, 6.07) is 0. The lowest BCUT2D eigenvalue weighted by atomic mass is 10.3. The Hall–Kier alpha value is 0.0700. The largest absolute Gasteiger partial charge is 0.355 e. The minimum absolute atomic E-state index is 0.0680. The van der Waals surface area contributed by atoms with Crippen molar-refractivity contribution in [3.8, 4) is 0 Å². The first-order valence-corrected chi connectivity index (χ1v) is 5.60. The first kappa shape index (κ1) is 10.2. The van der Waals surface area contributed by atoms with Gasteiger partial charge in [0.2, 0.25) is 0 Å². The third-order valence-electron chi connectivity index (χ3n) is 1.86. The second-order valence-corrected chi connectivity index (χ2v) is 6.10. The van der Waals surface area contributed by atoms with E-state index in [-0.39, 0.29) is 11.5 Å². The highest BCUT2D eigenvalue weighted by Gasteiger charge is 2.32. The molecule has 1 rings (SSSR count). The Morgan fingerprint density at radius 1 is 1.50 bits per heavy atom. The number of hydrogen-bond donors (Lipinski definition) is 0. The lowest BCUT2D eigenvalue weighted by Gasteiger charge is -2.26. The van der Waals surface area contributed by atoms with Crippen molar-refractivity contribution in [3.63, 3.8) is 0 Å². The van der Waals surface area contributed by atoms with Crippen LogP contribution in [0.5, 0.6) is 0 Å². The van der Waals surface area contributed by atoms with Gasteiger partial charge in [0, 0.05) is 0 Å². The van der Waals surface area contributed by atoms with E-state index in [1.54, 1.807) is 0 Å². The molecule has 0 spiro atoms. The maximum atomic E-state index is 11.2. The van der Waals surface area contributed by atoms with Gasteiger partial charge in [-0.25, -0.2) is 0 Å². The van der Waals surface area contributed by atoms with Crippen molar-refractivity contribution in [2.45, 2.75) is 18.5 Å². The van der Waals surface area contributed by atoms with Crippen LogP contribution in [0.1, 0.15) is 6.92 Å². The predicted molar refractivity (Wildman–Crippen MR) is 50.2 cm³/mol. The summed E-state index contributed by atoms with van der Waals surface area (Å²) in [6.45, 7) is 2.82. The lowest BCUT2D eigenvalue weighted by Crippen LogP contribution is -2.42. The average molecular weight is 192 g/mol. The van der Waals surface area contributed by atoms with Gasteiger partial charge in [-0.3, -0.25) is 4.21 Å². The number of quaternary nitrogens is 1. The molecule has 0 saturated carbocycles. The molecule has 0 aliphatic carbocycles. The van der Waals surface area contributed by atoms with Crippen LogP contribution in [0, 0.1) is 0 Å². The van der Waals surface area contributed by atoms with Crippen molar-refractivity contribution in [1.29, 1.82) is 0 Å². The van der Waals surface area contributed by atoms with Gasteiger partial charge >= 0.3 is 0 Å². The molecule has 0 radical (unpaired) electrons. The summed E-state index contributed by atoms with van der Waals surface area (Å²) >= 11 is 0. The van der Waals surface area contributed by atoms with Crippen LogP contribution < -0.4 is 0 Å². The Balaban J connectivity index is 2.43. The van der Waals surface area contributed by atoms with Crippen LogP contribution in [0.2, 0.25) is 0 Å². The molecule has 0 bridgehead atoms. The number of ether oxygens (including phenoxy) is 1. The summed E-state index contributed by atoms with van der Waals surface area (Å²) in [5.41, 5.74) is -0.0680. The molecular weight excluding hydrogens is 174 g/mol. The molecule has 0 N–H and O–H groups in total. The number of nitrogens with zero attached hydrogens (tertiary/aromatic N) is 1. The molecule has 0 unspecified atom stereocenters. The zero-order chi connectivity index (χ0) is 9.35. The molecule has 0 aromatic rings. The zero-order valence-electron chi connectivity index (χ0n) is 8.24. The molecule has 0 aromatic carbocycles. The van der Waals surface area contributed by atoms with E-state index < -0.39 is 10.8 Å². The van der Waals surface area contributed by atoms with Gasteiger partial charge in [-0.2, -0.15) is 0 Å². The molecule has 72 valence electrons. The van der Waals surface area contributed by atoms with Crippen molar-refractivity contribution >= 4 is 10.8 Å². The van der Waals surface area contributed by atoms with E-state index in [2.05, 4.69) is 21.1 Å². The van der Waals surface area contributed by atoms with Gasteiger partial charge in [-0.1, -0.05) is 0 Å². The number of rotatable bonds is 2. The summed E-state index contributed by atoms with van der Waals surface area (Å²) in [4.78, 5) is 0.